The highest BCUT2D eigenvalue weighted by atomic mass is 32.1. The fourth-order valence-corrected chi connectivity index (χ4v) is 1.67. The van der Waals surface area contributed by atoms with Crippen LogP contribution in [-0.2, 0) is 0 Å². The Hall–Kier alpha value is -0.910. The molecule has 0 bridgehead atoms. The number of thiophene rings is 1. The summed E-state index contributed by atoms with van der Waals surface area (Å²) >= 11 is 1.28. The Bertz CT molecular complexity index is 285. The number of hydrogen-bond acceptors (Lipinski definition) is 4. The normalized spacial score (nSPS) is 12.8. The van der Waals surface area contributed by atoms with Gasteiger partial charge in [-0.15, -0.1) is 11.3 Å². The predicted molar refractivity (Wildman–Crippen MR) is 46.9 cm³/mol. The van der Waals surface area contributed by atoms with E-state index in [2.05, 4.69) is 0 Å². The second-order valence-electron chi connectivity index (χ2n) is 2.35. The van der Waals surface area contributed by atoms with E-state index < -0.39 is 12.0 Å². The molecule has 0 aliphatic carbocycles. The maximum Gasteiger partial charge on any atom is 0.249 e. The number of aliphatic hydroxyl groups is 1. The van der Waals surface area contributed by atoms with Crippen LogP contribution in [0.3, 0.4) is 0 Å². The van der Waals surface area contributed by atoms with Gasteiger partial charge in [0.1, 0.15) is 6.10 Å². The summed E-state index contributed by atoms with van der Waals surface area (Å²) in [6, 6.07) is 1.56. The third-order valence-corrected chi connectivity index (χ3v) is 2.49. The van der Waals surface area contributed by atoms with Crippen LogP contribution in [0.25, 0.3) is 0 Å². The summed E-state index contributed by atoms with van der Waals surface area (Å²) in [5.41, 5.74) is 10.7. The molecule has 0 saturated carbocycles. The van der Waals surface area contributed by atoms with E-state index in [1.165, 1.54) is 11.3 Å². The molecule has 0 aliphatic rings. The number of nitrogens with two attached hydrogens (primary N) is 2. The SMILES string of the molecule is NCC(O)c1cc(C(N)=O)cs1. The van der Waals surface area contributed by atoms with E-state index in [9.17, 15) is 9.90 Å². The standard InChI is InChI=1S/C7H10N2O2S/c8-2-5(10)6-1-4(3-12-6)7(9)11/h1,3,5,10H,2,8H2,(H2,9,11). The van der Waals surface area contributed by atoms with Crippen molar-refractivity contribution in [2.24, 2.45) is 11.5 Å². The summed E-state index contributed by atoms with van der Waals surface area (Å²) in [5, 5.41) is 10.9. The monoisotopic (exact) mass is 186 g/mol. The number of carbonyl (C=O) groups is 1. The molecule has 0 fully saturated rings. The van der Waals surface area contributed by atoms with Crippen molar-refractivity contribution in [3.8, 4) is 0 Å². The Morgan fingerprint density at radius 1 is 1.75 bits per heavy atom. The number of primary amides is 1. The fourth-order valence-electron chi connectivity index (χ4n) is 0.773. The molecule has 5 heteroatoms. The Labute approximate surface area is 73.8 Å². The molecule has 1 amide bonds. The molecule has 1 aromatic rings. The van der Waals surface area contributed by atoms with Gasteiger partial charge in [0.05, 0.1) is 5.56 Å². The highest BCUT2D eigenvalue weighted by Gasteiger charge is 2.10. The molecular weight excluding hydrogens is 176 g/mol. The Balaban J connectivity index is 2.84. The van der Waals surface area contributed by atoms with Crippen molar-refractivity contribution < 1.29 is 9.90 Å². The average Bonchev–Trinajstić information content (AvgIpc) is 2.51. The molecule has 1 heterocycles. The molecule has 0 spiro atoms. The molecule has 12 heavy (non-hydrogen) atoms. The maximum absolute atomic E-state index is 10.6. The van der Waals surface area contributed by atoms with Gasteiger partial charge >= 0.3 is 0 Å². The third kappa shape index (κ3) is 1.82. The lowest BCUT2D eigenvalue weighted by molar-refractivity contribution is 0.100. The molecule has 1 rings (SSSR count). The molecule has 1 unspecified atom stereocenters. The van der Waals surface area contributed by atoms with Gasteiger partial charge in [0.2, 0.25) is 5.91 Å². The summed E-state index contributed by atoms with van der Waals surface area (Å²) in [6.45, 7) is 0.152. The van der Waals surface area contributed by atoms with Crippen molar-refractivity contribution in [3.05, 3.63) is 21.9 Å². The zero-order chi connectivity index (χ0) is 9.14. The van der Waals surface area contributed by atoms with Crippen molar-refractivity contribution in [2.75, 3.05) is 6.54 Å². The van der Waals surface area contributed by atoms with E-state index in [-0.39, 0.29) is 6.54 Å². The fraction of sp³-hybridized carbons (Fsp3) is 0.286. The molecular formula is C7H10N2O2S. The van der Waals surface area contributed by atoms with E-state index in [1.54, 1.807) is 11.4 Å². The van der Waals surface area contributed by atoms with Gasteiger partial charge in [-0.25, -0.2) is 0 Å². The van der Waals surface area contributed by atoms with Crippen LogP contribution in [0.5, 0.6) is 0 Å². The van der Waals surface area contributed by atoms with Crippen LogP contribution in [0.2, 0.25) is 0 Å². The Morgan fingerprint density at radius 2 is 2.42 bits per heavy atom. The van der Waals surface area contributed by atoms with E-state index >= 15 is 0 Å². The first-order valence-electron chi connectivity index (χ1n) is 3.41. The summed E-state index contributed by atoms with van der Waals surface area (Å²) in [5.74, 6) is -0.485. The minimum atomic E-state index is -0.692. The van der Waals surface area contributed by atoms with E-state index in [0.717, 1.165) is 0 Å². The van der Waals surface area contributed by atoms with E-state index in [0.29, 0.717) is 10.4 Å². The molecule has 4 nitrogen and oxygen atoms in total. The molecule has 0 aromatic carbocycles. The first kappa shape index (κ1) is 9.18. The lowest BCUT2D eigenvalue weighted by Crippen LogP contribution is -2.11. The molecule has 0 aliphatic heterocycles. The minimum absolute atomic E-state index is 0.152. The second-order valence-corrected chi connectivity index (χ2v) is 3.30. The molecule has 66 valence electrons. The van der Waals surface area contributed by atoms with E-state index in [4.69, 9.17) is 11.5 Å². The van der Waals surface area contributed by atoms with Gasteiger partial charge in [-0.05, 0) is 6.07 Å². The van der Waals surface area contributed by atoms with Crippen molar-refractivity contribution in [1.29, 1.82) is 0 Å². The van der Waals surface area contributed by atoms with Crippen molar-refractivity contribution in [2.45, 2.75) is 6.10 Å². The first-order valence-corrected chi connectivity index (χ1v) is 4.29. The topological polar surface area (TPSA) is 89.3 Å². The first-order chi connectivity index (χ1) is 5.65. The van der Waals surface area contributed by atoms with Crippen LogP contribution >= 0.6 is 11.3 Å². The summed E-state index contributed by atoms with van der Waals surface area (Å²) in [4.78, 5) is 11.3. The van der Waals surface area contributed by atoms with Crippen LogP contribution < -0.4 is 11.5 Å². The van der Waals surface area contributed by atoms with Gasteiger partial charge in [0.25, 0.3) is 0 Å². The molecule has 5 N–H and O–H groups in total. The largest absolute Gasteiger partial charge is 0.386 e. The minimum Gasteiger partial charge on any atom is -0.386 e. The van der Waals surface area contributed by atoms with Crippen LogP contribution in [0.15, 0.2) is 11.4 Å². The second kappa shape index (κ2) is 3.66. The van der Waals surface area contributed by atoms with Crippen LogP contribution in [0.1, 0.15) is 21.3 Å². The summed E-state index contributed by atoms with van der Waals surface area (Å²) in [6.07, 6.45) is -0.692. The van der Waals surface area contributed by atoms with Crippen LogP contribution in [0, 0.1) is 0 Å². The third-order valence-electron chi connectivity index (χ3n) is 1.46. The van der Waals surface area contributed by atoms with Gasteiger partial charge in [-0.1, -0.05) is 0 Å². The maximum atomic E-state index is 10.6. The quantitative estimate of drug-likeness (QED) is 0.612. The van der Waals surface area contributed by atoms with Gasteiger partial charge < -0.3 is 16.6 Å². The van der Waals surface area contributed by atoms with E-state index in [1.807, 2.05) is 0 Å². The van der Waals surface area contributed by atoms with Crippen molar-refractivity contribution >= 4 is 17.2 Å². The predicted octanol–water partition coefficient (Wildman–Crippen LogP) is -0.161. The van der Waals surface area contributed by atoms with Gasteiger partial charge in [0, 0.05) is 16.8 Å². The molecule has 1 atom stereocenters. The van der Waals surface area contributed by atoms with Gasteiger partial charge in [0.15, 0.2) is 0 Å². The Morgan fingerprint density at radius 3 is 2.83 bits per heavy atom. The number of rotatable bonds is 3. The zero-order valence-corrected chi connectivity index (χ0v) is 7.17. The zero-order valence-electron chi connectivity index (χ0n) is 6.36. The summed E-state index contributed by atoms with van der Waals surface area (Å²) in [7, 11) is 0. The lowest BCUT2D eigenvalue weighted by atomic mass is 10.2. The lowest BCUT2D eigenvalue weighted by Gasteiger charge is -2.01. The van der Waals surface area contributed by atoms with Gasteiger partial charge in [-0.3, -0.25) is 4.79 Å². The Kier molecular flexibility index (Phi) is 2.80. The van der Waals surface area contributed by atoms with Crippen molar-refractivity contribution in [3.63, 3.8) is 0 Å². The average molecular weight is 186 g/mol. The number of hydrogen-bond donors (Lipinski definition) is 3. The highest BCUT2D eigenvalue weighted by Crippen LogP contribution is 2.20. The summed E-state index contributed by atoms with van der Waals surface area (Å²) < 4.78 is 0. The highest BCUT2D eigenvalue weighted by molar-refractivity contribution is 7.10. The van der Waals surface area contributed by atoms with Crippen LogP contribution in [0.4, 0.5) is 0 Å². The number of aliphatic hydroxyl groups excluding tert-OH is 1. The van der Waals surface area contributed by atoms with Crippen LogP contribution in [-0.4, -0.2) is 17.6 Å². The molecule has 0 radical (unpaired) electrons. The molecule has 1 aromatic heterocycles. The number of amides is 1. The number of carbonyl (C=O) groups excluding carboxylic acids is 1. The molecule has 0 saturated heterocycles. The van der Waals surface area contributed by atoms with Gasteiger partial charge in [-0.2, -0.15) is 0 Å². The smallest absolute Gasteiger partial charge is 0.249 e. The van der Waals surface area contributed by atoms with Crippen molar-refractivity contribution in [1.82, 2.24) is 0 Å².